The SMILES string of the molecule is CC(=O)C(C)=C=CC(O)c1ccc([N+](=O)[O-])cc1. The zero-order valence-electron chi connectivity index (χ0n) is 10.1. The fourth-order valence-electron chi connectivity index (χ4n) is 1.20. The number of rotatable bonds is 4. The van der Waals surface area contributed by atoms with Crippen LogP contribution < -0.4 is 0 Å². The van der Waals surface area contributed by atoms with E-state index in [9.17, 15) is 20.0 Å². The first kappa shape index (κ1) is 13.8. The lowest BCUT2D eigenvalue weighted by Gasteiger charge is -2.03. The molecule has 18 heavy (non-hydrogen) atoms. The third-order valence-electron chi connectivity index (χ3n) is 2.43. The van der Waals surface area contributed by atoms with E-state index < -0.39 is 11.0 Å². The number of hydrogen-bond donors (Lipinski definition) is 1. The van der Waals surface area contributed by atoms with Crippen molar-refractivity contribution in [1.29, 1.82) is 0 Å². The number of non-ortho nitro benzene ring substituents is 1. The molecule has 0 saturated heterocycles. The van der Waals surface area contributed by atoms with Crippen molar-refractivity contribution in [2.24, 2.45) is 0 Å². The van der Waals surface area contributed by atoms with Crippen LogP contribution in [-0.2, 0) is 4.79 Å². The molecule has 1 N–H and O–H groups in total. The van der Waals surface area contributed by atoms with Gasteiger partial charge < -0.3 is 5.11 Å². The zero-order chi connectivity index (χ0) is 13.7. The minimum atomic E-state index is -0.944. The maximum Gasteiger partial charge on any atom is 0.269 e. The van der Waals surface area contributed by atoms with Gasteiger partial charge in [0.15, 0.2) is 5.78 Å². The standard InChI is InChI=1S/C13H13NO4/c1-9(10(2)15)3-8-13(16)11-4-6-12(7-5-11)14(17)18/h4-8,13,16H,1-2H3. The summed E-state index contributed by atoms with van der Waals surface area (Å²) in [6.07, 6.45) is 0.401. The Labute approximate surface area is 104 Å². The Balaban J connectivity index is 2.92. The van der Waals surface area contributed by atoms with Gasteiger partial charge in [0.2, 0.25) is 0 Å². The van der Waals surface area contributed by atoms with Crippen LogP contribution in [0.4, 0.5) is 5.69 Å². The topological polar surface area (TPSA) is 80.4 Å². The molecular weight excluding hydrogens is 234 g/mol. The van der Waals surface area contributed by atoms with Gasteiger partial charge in [-0.15, -0.1) is 5.73 Å². The summed E-state index contributed by atoms with van der Waals surface area (Å²) >= 11 is 0. The Morgan fingerprint density at radius 3 is 2.39 bits per heavy atom. The fraction of sp³-hybridized carbons (Fsp3) is 0.231. The third kappa shape index (κ3) is 3.66. The van der Waals surface area contributed by atoms with Crippen LogP contribution in [0, 0.1) is 10.1 Å². The average molecular weight is 247 g/mol. The summed E-state index contributed by atoms with van der Waals surface area (Å²) < 4.78 is 0. The molecule has 0 heterocycles. The zero-order valence-corrected chi connectivity index (χ0v) is 10.1. The fourth-order valence-corrected chi connectivity index (χ4v) is 1.20. The number of benzene rings is 1. The molecule has 0 fully saturated rings. The van der Waals surface area contributed by atoms with E-state index in [2.05, 4.69) is 5.73 Å². The van der Waals surface area contributed by atoms with E-state index in [0.717, 1.165) is 0 Å². The summed E-state index contributed by atoms with van der Waals surface area (Å²) in [5, 5.41) is 20.2. The van der Waals surface area contributed by atoms with Gasteiger partial charge in [-0.3, -0.25) is 14.9 Å². The van der Waals surface area contributed by atoms with E-state index in [0.29, 0.717) is 11.1 Å². The molecule has 1 aromatic carbocycles. The molecule has 0 spiro atoms. The lowest BCUT2D eigenvalue weighted by molar-refractivity contribution is -0.384. The van der Waals surface area contributed by atoms with Crippen LogP contribution in [0.15, 0.2) is 41.6 Å². The molecule has 1 aromatic rings. The lowest BCUT2D eigenvalue weighted by atomic mass is 10.1. The molecule has 0 aliphatic rings. The number of nitro groups is 1. The van der Waals surface area contributed by atoms with Crippen LogP contribution in [0.25, 0.3) is 0 Å². The summed E-state index contributed by atoms with van der Waals surface area (Å²) in [6.45, 7) is 3.01. The average Bonchev–Trinajstić information content (AvgIpc) is 2.35. The van der Waals surface area contributed by atoms with Gasteiger partial charge in [-0.1, -0.05) is 0 Å². The number of hydrogen-bond acceptors (Lipinski definition) is 4. The van der Waals surface area contributed by atoms with E-state index in [-0.39, 0.29) is 11.5 Å². The number of carbonyl (C=O) groups is 1. The van der Waals surface area contributed by atoms with Crippen molar-refractivity contribution in [3.63, 3.8) is 0 Å². The van der Waals surface area contributed by atoms with Gasteiger partial charge in [0.25, 0.3) is 5.69 Å². The van der Waals surface area contributed by atoms with Crippen LogP contribution in [0.3, 0.4) is 0 Å². The maximum atomic E-state index is 10.9. The van der Waals surface area contributed by atoms with Crippen LogP contribution in [0.2, 0.25) is 0 Å². The Hall–Kier alpha value is -2.23. The smallest absolute Gasteiger partial charge is 0.269 e. The van der Waals surface area contributed by atoms with E-state index in [1.165, 1.54) is 37.3 Å². The first-order chi connectivity index (χ1) is 8.41. The van der Waals surface area contributed by atoms with Gasteiger partial charge >= 0.3 is 0 Å². The number of nitro benzene ring substituents is 1. The highest BCUT2D eigenvalue weighted by molar-refractivity contribution is 5.92. The molecule has 94 valence electrons. The predicted molar refractivity (Wildman–Crippen MR) is 66.0 cm³/mol. The van der Waals surface area contributed by atoms with Crippen molar-refractivity contribution in [3.8, 4) is 0 Å². The van der Waals surface area contributed by atoms with Crippen molar-refractivity contribution in [2.45, 2.75) is 20.0 Å². The Bertz CT molecular complexity index is 524. The van der Waals surface area contributed by atoms with Crippen LogP contribution >= 0.6 is 0 Å². The molecule has 0 aliphatic heterocycles. The number of aliphatic hydroxyl groups excluding tert-OH is 1. The lowest BCUT2D eigenvalue weighted by Crippen LogP contribution is -1.94. The van der Waals surface area contributed by atoms with Crippen molar-refractivity contribution < 1.29 is 14.8 Å². The summed E-state index contributed by atoms with van der Waals surface area (Å²) in [4.78, 5) is 20.9. The molecule has 0 aliphatic carbocycles. The second-order valence-corrected chi connectivity index (χ2v) is 3.79. The minimum absolute atomic E-state index is 0.0367. The molecule has 1 unspecified atom stereocenters. The molecular formula is C13H13NO4. The van der Waals surface area contributed by atoms with E-state index in [1.54, 1.807) is 6.92 Å². The van der Waals surface area contributed by atoms with Crippen LogP contribution in [-0.4, -0.2) is 15.8 Å². The Morgan fingerprint density at radius 1 is 1.39 bits per heavy atom. The maximum absolute atomic E-state index is 10.9. The second-order valence-electron chi connectivity index (χ2n) is 3.79. The van der Waals surface area contributed by atoms with E-state index >= 15 is 0 Å². The molecule has 0 bridgehead atoms. The highest BCUT2D eigenvalue weighted by atomic mass is 16.6. The summed E-state index contributed by atoms with van der Waals surface area (Å²) in [7, 11) is 0. The molecule has 0 aromatic heterocycles. The normalized spacial score (nSPS) is 11.3. The summed E-state index contributed by atoms with van der Waals surface area (Å²) in [6, 6.07) is 5.55. The van der Waals surface area contributed by atoms with Gasteiger partial charge in [-0.25, -0.2) is 0 Å². The molecule has 5 nitrogen and oxygen atoms in total. The van der Waals surface area contributed by atoms with Crippen molar-refractivity contribution in [3.05, 3.63) is 57.3 Å². The second kappa shape index (κ2) is 5.91. The Morgan fingerprint density at radius 2 is 1.94 bits per heavy atom. The van der Waals surface area contributed by atoms with E-state index in [4.69, 9.17) is 0 Å². The monoisotopic (exact) mass is 247 g/mol. The van der Waals surface area contributed by atoms with Gasteiger partial charge in [-0.2, -0.15) is 0 Å². The molecule has 0 radical (unpaired) electrons. The number of ketones is 1. The molecule has 1 rings (SSSR count). The highest BCUT2D eigenvalue weighted by Gasteiger charge is 2.07. The molecule has 5 heteroatoms. The predicted octanol–water partition coefficient (Wildman–Crippen LogP) is 2.32. The Kier molecular flexibility index (Phi) is 4.54. The first-order valence-corrected chi connectivity index (χ1v) is 5.28. The van der Waals surface area contributed by atoms with Gasteiger partial charge in [0.05, 0.1) is 4.92 Å². The number of Topliss-reactive ketones (excluding diaryl/α,β-unsaturated/α-hetero) is 1. The highest BCUT2D eigenvalue weighted by Crippen LogP contribution is 2.18. The third-order valence-corrected chi connectivity index (χ3v) is 2.43. The van der Waals surface area contributed by atoms with Crippen LogP contribution in [0.1, 0.15) is 25.5 Å². The van der Waals surface area contributed by atoms with Crippen LogP contribution in [0.5, 0.6) is 0 Å². The first-order valence-electron chi connectivity index (χ1n) is 5.28. The molecule has 0 amide bonds. The van der Waals surface area contributed by atoms with Gasteiger partial charge in [0, 0.05) is 17.7 Å². The van der Waals surface area contributed by atoms with Crippen molar-refractivity contribution >= 4 is 11.5 Å². The van der Waals surface area contributed by atoms with Crippen molar-refractivity contribution in [1.82, 2.24) is 0 Å². The number of nitrogens with zero attached hydrogens (tertiary/aromatic N) is 1. The van der Waals surface area contributed by atoms with Gasteiger partial charge in [0.1, 0.15) is 6.10 Å². The van der Waals surface area contributed by atoms with E-state index in [1.807, 2.05) is 0 Å². The summed E-state index contributed by atoms with van der Waals surface area (Å²) in [5.41, 5.74) is 3.56. The molecule has 0 saturated carbocycles. The number of carbonyl (C=O) groups excluding carboxylic acids is 1. The minimum Gasteiger partial charge on any atom is -0.384 e. The largest absolute Gasteiger partial charge is 0.384 e. The molecule has 1 atom stereocenters. The van der Waals surface area contributed by atoms with Gasteiger partial charge in [-0.05, 0) is 37.6 Å². The quantitative estimate of drug-likeness (QED) is 0.383. The number of aliphatic hydroxyl groups is 1. The summed E-state index contributed by atoms with van der Waals surface area (Å²) in [5.74, 6) is -0.123. The van der Waals surface area contributed by atoms with Crippen molar-refractivity contribution in [2.75, 3.05) is 0 Å².